The molecule has 3 heterocycles. The second-order valence-electron chi connectivity index (χ2n) is 16.4. The Hall–Kier alpha value is -7.49. The van der Waals surface area contributed by atoms with Crippen molar-refractivity contribution in [2.45, 2.75) is 19.3 Å². The molecule has 11 aromatic rings. The number of hydrogen-bond donors (Lipinski definition) is 0. The summed E-state index contributed by atoms with van der Waals surface area (Å²) < 4.78 is 4.86. The first-order valence-electron chi connectivity index (χ1n) is 20.5. The van der Waals surface area contributed by atoms with Crippen molar-refractivity contribution in [2.75, 3.05) is 0 Å². The minimum absolute atomic E-state index is 0.0854. The predicted molar refractivity (Wildman–Crippen MR) is 247 cm³/mol. The average Bonchev–Trinajstić information content (AvgIpc) is 3.89. The molecule has 1 aliphatic carbocycles. The standard InChI is InChI=1S/C56H39N3/c1-56(2)49-26-25-42(35-48(49)55-50(56)20-13-29-57-55)58-51-21-11-9-18-44(51)46-33-38(23-27-53(46)58)39-24-28-54-47(34-39)45-19-10-12-22-52(45)59(54)43-31-40(36-14-5-3-6-15-36)30-41(32-43)37-16-7-4-8-17-37/h3-35H,1-2H3. The molecule has 0 saturated heterocycles. The summed E-state index contributed by atoms with van der Waals surface area (Å²) in [5.41, 5.74) is 19.1. The minimum Gasteiger partial charge on any atom is -0.309 e. The van der Waals surface area contributed by atoms with Gasteiger partial charge in [-0.1, -0.05) is 135 Å². The van der Waals surface area contributed by atoms with E-state index in [1.807, 2.05) is 6.20 Å². The number of fused-ring (bicyclic) bond motifs is 9. The van der Waals surface area contributed by atoms with E-state index in [1.54, 1.807) is 0 Å². The zero-order valence-electron chi connectivity index (χ0n) is 32.9. The molecule has 3 aromatic heterocycles. The van der Waals surface area contributed by atoms with Gasteiger partial charge in [-0.3, -0.25) is 4.98 Å². The van der Waals surface area contributed by atoms with Gasteiger partial charge in [0.1, 0.15) is 0 Å². The largest absolute Gasteiger partial charge is 0.309 e. The molecule has 0 spiro atoms. The van der Waals surface area contributed by atoms with Crippen molar-refractivity contribution >= 4 is 43.6 Å². The van der Waals surface area contributed by atoms with Gasteiger partial charge in [0.2, 0.25) is 0 Å². The maximum absolute atomic E-state index is 4.87. The van der Waals surface area contributed by atoms with Gasteiger partial charge in [-0.05, 0) is 117 Å². The molecular weight excluding hydrogens is 715 g/mol. The van der Waals surface area contributed by atoms with Crippen LogP contribution in [0.1, 0.15) is 25.0 Å². The van der Waals surface area contributed by atoms with E-state index in [2.05, 4.69) is 217 Å². The van der Waals surface area contributed by atoms with Crippen molar-refractivity contribution in [1.82, 2.24) is 14.1 Å². The summed E-state index contributed by atoms with van der Waals surface area (Å²) in [6, 6.07) is 71.2. The van der Waals surface area contributed by atoms with E-state index >= 15 is 0 Å². The smallest absolute Gasteiger partial charge is 0.0746 e. The van der Waals surface area contributed by atoms with Crippen molar-refractivity contribution in [3.8, 4) is 56.0 Å². The topological polar surface area (TPSA) is 22.8 Å². The Morgan fingerprint density at radius 1 is 0.356 bits per heavy atom. The van der Waals surface area contributed by atoms with Crippen LogP contribution in [0.2, 0.25) is 0 Å². The second-order valence-corrected chi connectivity index (χ2v) is 16.4. The van der Waals surface area contributed by atoms with Crippen LogP contribution in [0.3, 0.4) is 0 Å². The van der Waals surface area contributed by atoms with E-state index in [4.69, 9.17) is 4.98 Å². The lowest BCUT2D eigenvalue weighted by molar-refractivity contribution is 0.659. The highest BCUT2D eigenvalue weighted by Gasteiger charge is 2.36. The highest BCUT2D eigenvalue weighted by molar-refractivity contribution is 6.13. The van der Waals surface area contributed by atoms with E-state index in [1.165, 1.54) is 93.7 Å². The molecule has 0 atom stereocenters. The highest BCUT2D eigenvalue weighted by atomic mass is 15.0. The van der Waals surface area contributed by atoms with Gasteiger partial charge in [0, 0.05) is 50.1 Å². The van der Waals surface area contributed by atoms with Crippen molar-refractivity contribution in [2.24, 2.45) is 0 Å². The monoisotopic (exact) mass is 753 g/mol. The third-order valence-electron chi connectivity index (χ3n) is 12.7. The third-order valence-corrected chi connectivity index (χ3v) is 12.7. The molecular formula is C56H39N3. The molecule has 1 aliphatic rings. The number of para-hydroxylation sites is 2. The van der Waals surface area contributed by atoms with Gasteiger partial charge in [-0.15, -0.1) is 0 Å². The predicted octanol–water partition coefficient (Wildman–Crippen LogP) is 14.6. The van der Waals surface area contributed by atoms with Crippen molar-refractivity contribution in [3.05, 3.63) is 211 Å². The molecule has 0 radical (unpaired) electrons. The van der Waals surface area contributed by atoms with Crippen LogP contribution < -0.4 is 0 Å². The summed E-state index contributed by atoms with van der Waals surface area (Å²) in [5.74, 6) is 0. The first-order chi connectivity index (χ1) is 29.0. The first-order valence-corrected chi connectivity index (χ1v) is 20.5. The van der Waals surface area contributed by atoms with Crippen molar-refractivity contribution < 1.29 is 0 Å². The normalized spacial score (nSPS) is 13.1. The lowest BCUT2D eigenvalue weighted by Gasteiger charge is -2.21. The van der Waals surface area contributed by atoms with Gasteiger partial charge in [0.15, 0.2) is 0 Å². The zero-order chi connectivity index (χ0) is 39.2. The molecule has 0 amide bonds. The number of hydrogen-bond acceptors (Lipinski definition) is 1. The van der Waals surface area contributed by atoms with Gasteiger partial charge in [-0.25, -0.2) is 0 Å². The summed E-state index contributed by atoms with van der Waals surface area (Å²) in [6.07, 6.45) is 1.92. The van der Waals surface area contributed by atoms with Crippen LogP contribution in [0.5, 0.6) is 0 Å². The van der Waals surface area contributed by atoms with Gasteiger partial charge in [0.05, 0.1) is 27.8 Å². The minimum atomic E-state index is -0.0854. The van der Waals surface area contributed by atoms with Crippen LogP contribution in [0.15, 0.2) is 200 Å². The van der Waals surface area contributed by atoms with E-state index in [-0.39, 0.29) is 5.41 Å². The summed E-state index contributed by atoms with van der Waals surface area (Å²) in [4.78, 5) is 4.87. The zero-order valence-corrected chi connectivity index (χ0v) is 32.9. The fourth-order valence-corrected chi connectivity index (χ4v) is 9.88. The molecule has 0 N–H and O–H groups in total. The first kappa shape index (κ1) is 33.6. The maximum Gasteiger partial charge on any atom is 0.0746 e. The fraction of sp³-hybridized carbons (Fsp3) is 0.0536. The van der Waals surface area contributed by atoms with Gasteiger partial charge >= 0.3 is 0 Å². The quantitative estimate of drug-likeness (QED) is 0.172. The van der Waals surface area contributed by atoms with Crippen LogP contribution in [0, 0.1) is 0 Å². The molecule has 8 aromatic carbocycles. The Kier molecular flexibility index (Phi) is 7.27. The lowest BCUT2D eigenvalue weighted by atomic mass is 9.83. The van der Waals surface area contributed by atoms with Gasteiger partial charge in [-0.2, -0.15) is 0 Å². The molecule has 0 aliphatic heterocycles. The van der Waals surface area contributed by atoms with E-state index in [9.17, 15) is 0 Å². The van der Waals surface area contributed by atoms with E-state index in [0.717, 1.165) is 17.1 Å². The molecule has 278 valence electrons. The van der Waals surface area contributed by atoms with E-state index in [0.29, 0.717) is 0 Å². The molecule has 3 nitrogen and oxygen atoms in total. The summed E-state index contributed by atoms with van der Waals surface area (Å²) in [6.45, 7) is 4.61. The van der Waals surface area contributed by atoms with Crippen LogP contribution in [0.4, 0.5) is 0 Å². The number of pyridine rings is 1. The number of benzene rings is 8. The Morgan fingerprint density at radius 3 is 1.47 bits per heavy atom. The molecule has 59 heavy (non-hydrogen) atoms. The SMILES string of the molecule is CC1(C)c2ccc(-n3c4ccccc4c4cc(-c5ccc6c(c5)c5ccccc5n6-c5cc(-c6ccccc6)cc(-c6ccccc6)c5)ccc43)cc2-c2ncccc21. The fourth-order valence-electron chi connectivity index (χ4n) is 9.88. The Morgan fingerprint density at radius 2 is 0.881 bits per heavy atom. The molecule has 0 saturated carbocycles. The van der Waals surface area contributed by atoms with Crippen molar-refractivity contribution in [1.29, 1.82) is 0 Å². The summed E-state index contributed by atoms with van der Waals surface area (Å²) in [5, 5.41) is 4.96. The number of aromatic nitrogens is 3. The highest BCUT2D eigenvalue weighted by Crippen LogP contribution is 2.49. The molecule has 0 fully saturated rings. The van der Waals surface area contributed by atoms with Crippen LogP contribution >= 0.6 is 0 Å². The summed E-state index contributed by atoms with van der Waals surface area (Å²) >= 11 is 0. The number of rotatable bonds is 5. The van der Waals surface area contributed by atoms with Crippen LogP contribution in [-0.2, 0) is 5.41 Å². The molecule has 12 rings (SSSR count). The van der Waals surface area contributed by atoms with Gasteiger partial charge < -0.3 is 9.13 Å². The second kappa shape index (κ2) is 12.8. The van der Waals surface area contributed by atoms with E-state index < -0.39 is 0 Å². The average molecular weight is 754 g/mol. The molecule has 3 heteroatoms. The Labute approximate surface area is 343 Å². The van der Waals surface area contributed by atoms with Gasteiger partial charge in [0.25, 0.3) is 0 Å². The third kappa shape index (κ3) is 5.11. The summed E-state index contributed by atoms with van der Waals surface area (Å²) in [7, 11) is 0. The Bertz CT molecular complexity index is 3400. The molecule has 0 unspecified atom stereocenters. The van der Waals surface area contributed by atoms with Crippen LogP contribution in [-0.4, -0.2) is 14.1 Å². The molecule has 0 bridgehead atoms. The number of nitrogens with zero attached hydrogens (tertiary/aromatic N) is 3. The lowest BCUT2D eigenvalue weighted by Crippen LogP contribution is -2.15. The Balaban J connectivity index is 1.02. The maximum atomic E-state index is 4.87. The van der Waals surface area contributed by atoms with Crippen molar-refractivity contribution in [3.63, 3.8) is 0 Å². The van der Waals surface area contributed by atoms with Crippen LogP contribution in [0.25, 0.3) is 99.6 Å².